The molecular weight excluding hydrogens is 580 g/mol. The molecule has 0 aliphatic carbocycles. The van der Waals surface area contributed by atoms with Crippen LogP contribution in [0.5, 0.6) is 0 Å². The number of aliphatic hydroxyl groups is 1. The van der Waals surface area contributed by atoms with E-state index in [2.05, 4.69) is 15.3 Å². The summed E-state index contributed by atoms with van der Waals surface area (Å²) in [4.78, 5) is 75.1. The Morgan fingerprint density at radius 3 is 2.27 bits per heavy atom. The first-order valence-electron chi connectivity index (χ1n) is 14.6. The molecule has 1 aliphatic rings. The van der Waals surface area contributed by atoms with Crippen molar-refractivity contribution < 1.29 is 38.7 Å². The van der Waals surface area contributed by atoms with Crippen molar-refractivity contribution in [2.75, 3.05) is 6.54 Å². The van der Waals surface area contributed by atoms with E-state index in [1.165, 1.54) is 6.20 Å². The van der Waals surface area contributed by atoms with Gasteiger partial charge in [-0.1, -0.05) is 42.5 Å². The van der Waals surface area contributed by atoms with E-state index in [4.69, 9.17) is 11.5 Å². The number of nitrogens with one attached hydrogen (secondary N) is 1. The van der Waals surface area contributed by atoms with Crippen LogP contribution in [0.25, 0.3) is 11.0 Å². The quantitative estimate of drug-likeness (QED) is 0.192. The Morgan fingerprint density at radius 1 is 1.04 bits per heavy atom. The lowest BCUT2D eigenvalue weighted by Crippen LogP contribution is -2.81. The van der Waals surface area contributed by atoms with Gasteiger partial charge in [0.05, 0.1) is 41.8 Å². The number of primary amides is 1. The number of hydrogen-bond donors (Lipinski definition) is 5. The molecule has 1 fully saturated rings. The lowest BCUT2D eigenvalue weighted by molar-refractivity contribution is -0.930. The van der Waals surface area contributed by atoms with E-state index in [1.54, 1.807) is 45.0 Å². The first-order chi connectivity index (χ1) is 21.1. The van der Waals surface area contributed by atoms with Crippen LogP contribution in [-0.2, 0) is 25.6 Å². The number of rotatable bonds is 11. The van der Waals surface area contributed by atoms with Crippen LogP contribution in [-0.4, -0.2) is 84.0 Å². The van der Waals surface area contributed by atoms with Gasteiger partial charge >= 0.3 is 11.9 Å². The molecule has 2 unspecified atom stereocenters. The van der Waals surface area contributed by atoms with E-state index in [1.807, 2.05) is 30.3 Å². The second-order valence-electron chi connectivity index (χ2n) is 12.4. The molecule has 1 saturated heterocycles. The standard InChI is InChI=1S/C32H38N6O7/c1-31(2,3)38(29(43)25(39)14-13-19-9-5-4-6-10-19)16-15-20(32(38,34)30(44)45)27(41)23(17-26(33)40)37-28(42)24-18-35-21-11-7-8-12-22(21)36-24/h4-12,18,20,23,25,39H,13-17,34H2,1-3H3,(H3-,33,37,40,42,44,45)/p+1/t20-,23+,25?,32+,38?/m1/s1. The van der Waals surface area contributed by atoms with E-state index >= 15 is 0 Å². The van der Waals surface area contributed by atoms with Crippen molar-refractivity contribution >= 4 is 40.5 Å². The molecule has 2 heterocycles. The molecule has 5 atom stereocenters. The molecule has 45 heavy (non-hydrogen) atoms. The van der Waals surface area contributed by atoms with Gasteiger partial charge in [-0.05, 0) is 51.3 Å². The number of likely N-dealkylation sites (tertiary alicyclic amines) is 1. The largest absolute Gasteiger partial charge is 0.475 e. The van der Waals surface area contributed by atoms with Gasteiger partial charge in [0.1, 0.15) is 11.6 Å². The molecule has 238 valence electrons. The Hall–Kier alpha value is -4.59. The lowest BCUT2D eigenvalue weighted by Gasteiger charge is -2.51. The van der Waals surface area contributed by atoms with Crippen LogP contribution in [0.15, 0.2) is 60.8 Å². The topological polar surface area (TPSA) is 216 Å². The molecular formula is C32H39N6O7+. The molecule has 4 rings (SSSR count). The van der Waals surface area contributed by atoms with Crippen molar-refractivity contribution in [1.82, 2.24) is 15.3 Å². The Morgan fingerprint density at radius 2 is 1.67 bits per heavy atom. The second-order valence-corrected chi connectivity index (χ2v) is 12.4. The fourth-order valence-corrected chi connectivity index (χ4v) is 6.47. The number of fused-ring (bicyclic) bond motifs is 1. The summed E-state index contributed by atoms with van der Waals surface area (Å²) in [6.07, 6.45) is -0.859. The number of Topliss-reactive ketones (excluding diaryl/α,β-unsaturated/α-hetero) is 1. The van der Waals surface area contributed by atoms with E-state index in [9.17, 15) is 34.2 Å². The summed E-state index contributed by atoms with van der Waals surface area (Å²) in [5.41, 5.74) is 10.1. The number of carbonyl (C=O) groups excluding carboxylic acids is 4. The molecule has 0 radical (unpaired) electrons. The average Bonchev–Trinajstić information content (AvgIpc) is 3.33. The number of aryl methyl sites for hydroxylation is 1. The van der Waals surface area contributed by atoms with Gasteiger partial charge in [-0.3, -0.25) is 25.1 Å². The zero-order valence-corrected chi connectivity index (χ0v) is 25.5. The van der Waals surface area contributed by atoms with Gasteiger partial charge < -0.3 is 21.3 Å². The van der Waals surface area contributed by atoms with Crippen molar-refractivity contribution in [3.63, 3.8) is 0 Å². The average molecular weight is 620 g/mol. The SMILES string of the molecule is CC(C)(C)[N+]1(C(=O)C(O)CCc2ccccc2)CC[C@H](C(=O)[C@H](CC(N)=O)NC(=O)c2cnc3ccccc3n2)[C@@]1(N)C(=O)O. The number of nitrogens with two attached hydrogens (primary N) is 2. The monoisotopic (exact) mass is 619 g/mol. The molecule has 0 saturated carbocycles. The maximum absolute atomic E-state index is 14.1. The maximum atomic E-state index is 14.1. The predicted molar refractivity (Wildman–Crippen MR) is 163 cm³/mol. The van der Waals surface area contributed by atoms with Crippen LogP contribution < -0.4 is 16.8 Å². The number of carboxylic acids is 1. The first kappa shape index (κ1) is 33.3. The number of nitrogens with zero attached hydrogens (tertiary/aromatic N) is 3. The highest BCUT2D eigenvalue weighted by molar-refractivity contribution is 6.01. The number of para-hydroxylation sites is 2. The zero-order chi connectivity index (χ0) is 33.2. The number of benzene rings is 2. The number of aliphatic carboxylic acids is 1. The highest BCUT2D eigenvalue weighted by Gasteiger charge is 2.74. The van der Waals surface area contributed by atoms with Gasteiger partial charge in [0.25, 0.3) is 11.6 Å². The summed E-state index contributed by atoms with van der Waals surface area (Å²) in [5.74, 6) is -6.66. The van der Waals surface area contributed by atoms with Gasteiger partial charge in [-0.25, -0.2) is 19.1 Å². The number of hydrogen-bond acceptors (Lipinski definition) is 9. The van der Waals surface area contributed by atoms with Crippen molar-refractivity contribution in [2.45, 2.75) is 69.8 Å². The minimum absolute atomic E-state index is 0.000387. The summed E-state index contributed by atoms with van der Waals surface area (Å²) >= 11 is 0. The van der Waals surface area contributed by atoms with E-state index in [-0.39, 0.29) is 25.1 Å². The highest BCUT2D eigenvalue weighted by atomic mass is 16.4. The van der Waals surface area contributed by atoms with Crippen LogP contribution in [0.4, 0.5) is 0 Å². The summed E-state index contributed by atoms with van der Waals surface area (Å²) in [7, 11) is 0. The Labute approximate surface area is 260 Å². The van der Waals surface area contributed by atoms with Gasteiger partial charge in [-0.15, -0.1) is 0 Å². The number of aromatic nitrogens is 2. The van der Waals surface area contributed by atoms with Crippen molar-refractivity contribution in [2.24, 2.45) is 17.4 Å². The Bertz CT molecular complexity index is 1620. The smallest absolute Gasteiger partial charge is 0.383 e. The zero-order valence-electron chi connectivity index (χ0n) is 25.5. The summed E-state index contributed by atoms with van der Waals surface area (Å²) in [6.45, 7) is 4.67. The fraction of sp³-hybridized carbons (Fsp3) is 0.406. The Kier molecular flexibility index (Phi) is 9.47. The lowest BCUT2D eigenvalue weighted by atomic mass is 9.82. The number of carbonyl (C=O) groups is 5. The van der Waals surface area contributed by atoms with E-state index < -0.39 is 69.6 Å². The highest BCUT2D eigenvalue weighted by Crippen LogP contribution is 2.47. The van der Waals surface area contributed by atoms with Crippen LogP contribution in [0, 0.1) is 5.92 Å². The van der Waals surface area contributed by atoms with Gasteiger partial charge in [0, 0.05) is 6.42 Å². The van der Waals surface area contributed by atoms with Crippen LogP contribution >= 0.6 is 0 Å². The second kappa shape index (κ2) is 12.8. The molecule has 13 nitrogen and oxygen atoms in total. The van der Waals surface area contributed by atoms with Crippen LogP contribution in [0.2, 0.25) is 0 Å². The van der Waals surface area contributed by atoms with Crippen molar-refractivity contribution in [3.05, 3.63) is 72.1 Å². The molecule has 0 spiro atoms. The number of carboxylic acid groups (broad SMARTS) is 1. The summed E-state index contributed by atoms with van der Waals surface area (Å²) < 4.78 is -0.935. The number of aliphatic hydroxyl groups excluding tert-OH is 1. The Balaban J connectivity index is 1.67. The van der Waals surface area contributed by atoms with Gasteiger partial charge in [0.2, 0.25) is 5.91 Å². The summed E-state index contributed by atoms with van der Waals surface area (Å²) in [5, 5.41) is 24.2. The van der Waals surface area contributed by atoms with Gasteiger partial charge in [-0.2, -0.15) is 0 Å². The van der Waals surface area contributed by atoms with Crippen LogP contribution in [0.3, 0.4) is 0 Å². The fourth-order valence-electron chi connectivity index (χ4n) is 6.47. The number of ketones is 1. The molecule has 13 heteroatoms. The molecule has 0 bridgehead atoms. The third-order valence-electron chi connectivity index (χ3n) is 8.69. The third kappa shape index (κ3) is 6.19. The number of quaternary nitrogens is 1. The van der Waals surface area contributed by atoms with E-state index in [0.717, 1.165) is 5.56 Å². The van der Waals surface area contributed by atoms with Crippen molar-refractivity contribution in [3.8, 4) is 0 Å². The van der Waals surface area contributed by atoms with Crippen molar-refractivity contribution in [1.29, 1.82) is 0 Å². The summed E-state index contributed by atoms with van der Waals surface area (Å²) in [6, 6.07) is 14.4. The maximum Gasteiger partial charge on any atom is 0.383 e. The van der Waals surface area contributed by atoms with E-state index in [0.29, 0.717) is 17.5 Å². The number of amides is 3. The predicted octanol–water partition coefficient (Wildman–Crippen LogP) is 1.07. The molecule has 2 aromatic carbocycles. The molecule has 3 aromatic rings. The minimum Gasteiger partial charge on any atom is -0.475 e. The normalized spacial score (nSPS) is 22.8. The van der Waals surface area contributed by atoms with Gasteiger partial charge in [0.15, 0.2) is 11.9 Å². The molecule has 1 aliphatic heterocycles. The minimum atomic E-state index is -2.55. The molecule has 7 N–H and O–H groups in total. The van der Waals surface area contributed by atoms with Crippen LogP contribution in [0.1, 0.15) is 56.1 Å². The molecule has 3 amide bonds. The third-order valence-corrected chi connectivity index (χ3v) is 8.69. The first-order valence-corrected chi connectivity index (χ1v) is 14.6. The molecule has 1 aromatic heterocycles.